The van der Waals surface area contributed by atoms with Crippen LogP contribution in [-0.4, -0.2) is 45.7 Å². The molecule has 0 aliphatic carbocycles. The van der Waals surface area contributed by atoms with Crippen molar-refractivity contribution in [3.8, 4) is 0 Å². The molecule has 0 saturated carbocycles. The third-order valence-electron chi connectivity index (χ3n) is 3.20. The topological polar surface area (TPSA) is 81.2 Å². The van der Waals surface area contributed by atoms with Crippen LogP contribution in [0.25, 0.3) is 11.0 Å². The number of benzene rings is 1. The number of carbonyl (C=O) groups excluding carboxylic acids is 1. The molecular formula is C14H20N4O2. The van der Waals surface area contributed by atoms with Gasteiger partial charge in [-0.2, -0.15) is 0 Å². The lowest BCUT2D eigenvalue weighted by molar-refractivity contribution is 0.177. The Kier molecular flexibility index (Phi) is 4.57. The average molecular weight is 276 g/mol. The van der Waals surface area contributed by atoms with E-state index in [1.165, 1.54) is 0 Å². The van der Waals surface area contributed by atoms with Crippen LogP contribution >= 0.6 is 0 Å². The summed E-state index contributed by atoms with van der Waals surface area (Å²) in [5.74, 6) is 0.722. The monoisotopic (exact) mass is 276 g/mol. The highest BCUT2D eigenvalue weighted by Crippen LogP contribution is 2.15. The molecule has 2 rings (SSSR count). The molecule has 1 aromatic carbocycles. The number of aromatic amines is 1. The minimum Gasteiger partial charge on any atom is -0.395 e. The molecule has 0 aliphatic heterocycles. The molecule has 0 fully saturated rings. The van der Waals surface area contributed by atoms with Gasteiger partial charge in [-0.25, -0.2) is 9.78 Å². The Morgan fingerprint density at radius 3 is 2.90 bits per heavy atom. The molecule has 2 amide bonds. The maximum atomic E-state index is 12.0. The molecule has 0 saturated heterocycles. The molecule has 0 radical (unpaired) electrons. The molecule has 1 heterocycles. The molecule has 2 aromatic rings. The number of urea groups is 1. The number of aliphatic hydroxyl groups is 1. The van der Waals surface area contributed by atoms with Gasteiger partial charge in [0.2, 0.25) is 0 Å². The van der Waals surface area contributed by atoms with Crippen molar-refractivity contribution >= 4 is 17.1 Å². The van der Waals surface area contributed by atoms with Gasteiger partial charge in [-0.05, 0) is 26.0 Å². The number of hydrogen-bond donors (Lipinski definition) is 3. The standard InChI is InChI=1S/C14H20N4O2/c1-3-18(8-9-19)14(20)15-10(2)13-16-11-6-4-5-7-12(11)17-13/h4-7,10,19H,3,8-9H2,1-2H3,(H,15,20)(H,16,17). The van der Waals surface area contributed by atoms with Crippen molar-refractivity contribution < 1.29 is 9.90 Å². The van der Waals surface area contributed by atoms with Crippen LogP contribution in [0.15, 0.2) is 24.3 Å². The lowest BCUT2D eigenvalue weighted by Gasteiger charge is -2.22. The van der Waals surface area contributed by atoms with Crippen LogP contribution in [-0.2, 0) is 0 Å². The van der Waals surface area contributed by atoms with Crippen LogP contribution in [0.2, 0.25) is 0 Å². The van der Waals surface area contributed by atoms with E-state index in [-0.39, 0.29) is 18.7 Å². The highest BCUT2D eigenvalue weighted by Gasteiger charge is 2.17. The number of amides is 2. The fourth-order valence-electron chi connectivity index (χ4n) is 2.05. The van der Waals surface area contributed by atoms with Gasteiger partial charge in [-0.1, -0.05) is 12.1 Å². The van der Waals surface area contributed by atoms with Gasteiger partial charge in [0.15, 0.2) is 0 Å². The fraction of sp³-hybridized carbons (Fsp3) is 0.429. The molecule has 0 bridgehead atoms. The highest BCUT2D eigenvalue weighted by atomic mass is 16.3. The number of rotatable bonds is 5. The summed E-state index contributed by atoms with van der Waals surface area (Å²) in [7, 11) is 0. The average Bonchev–Trinajstić information content (AvgIpc) is 2.88. The molecule has 108 valence electrons. The molecule has 3 N–H and O–H groups in total. The van der Waals surface area contributed by atoms with Crippen LogP contribution in [0.3, 0.4) is 0 Å². The molecule has 1 atom stereocenters. The van der Waals surface area contributed by atoms with Crippen molar-refractivity contribution in [1.82, 2.24) is 20.2 Å². The quantitative estimate of drug-likeness (QED) is 0.776. The molecule has 6 nitrogen and oxygen atoms in total. The summed E-state index contributed by atoms with van der Waals surface area (Å²) in [5.41, 5.74) is 1.83. The first kappa shape index (κ1) is 14.3. The van der Waals surface area contributed by atoms with Crippen LogP contribution < -0.4 is 5.32 Å². The SMILES string of the molecule is CCN(CCO)C(=O)NC(C)c1nc2ccccc2[nH]1. The highest BCUT2D eigenvalue weighted by molar-refractivity contribution is 5.76. The summed E-state index contributed by atoms with van der Waals surface area (Å²) >= 11 is 0. The Labute approximate surface area is 117 Å². The predicted molar refractivity (Wildman–Crippen MR) is 77.4 cm³/mol. The zero-order valence-electron chi connectivity index (χ0n) is 11.8. The second kappa shape index (κ2) is 6.38. The number of H-pyrrole nitrogens is 1. The third-order valence-corrected chi connectivity index (χ3v) is 3.20. The van der Waals surface area contributed by atoms with E-state index in [2.05, 4.69) is 15.3 Å². The summed E-state index contributed by atoms with van der Waals surface area (Å²) in [6, 6.07) is 7.32. The molecule has 0 aliphatic rings. The number of nitrogens with zero attached hydrogens (tertiary/aromatic N) is 2. The molecule has 6 heteroatoms. The number of para-hydroxylation sites is 2. The van der Waals surface area contributed by atoms with Gasteiger partial charge in [-0.3, -0.25) is 0 Å². The summed E-state index contributed by atoms with van der Waals surface area (Å²) in [4.78, 5) is 21.2. The Bertz CT molecular complexity index is 548. The first-order valence-corrected chi connectivity index (χ1v) is 6.76. The van der Waals surface area contributed by atoms with Crippen molar-refractivity contribution in [2.75, 3.05) is 19.7 Å². The van der Waals surface area contributed by atoms with Crippen LogP contribution in [0, 0.1) is 0 Å². The van der Waals surface area contributed by atoms with Gasteiger partial charge in [0.1, 0.15) is 5.82 Å². The maximum Gasteiger partial charge on any atom is 0.318 e. The molecule has 20 heavy (non-hydrogen) atoms. The van der Waals surface area contributed by atoms with Gasteiger partial charge >= 0.3 is 6.03 Å². The first-order chi connectivity index (χ1) is 9.65. The Hall–Kier alpha value is -2.08. The van der Waals surface area contributed by atoms with Gasteiger partial charge < -0.3 is 20.3 Å². The third kappa shape index (κ3) is 3.08. The van der Waals surface area contributed by atoms with E-state index in [4.69, 9.17) is 5.11 Å². The second-order valence-electron chi connectivity index (χ2n) is 4.61. The van der Waals surface area contributed by atoms with E-state index in [1.807, 2.05) is 38.1 Å². The summed E-state index contributed by atoms with van der Waals surface area (Å²) in [6.45, 7) is 4.60. The lowest BCUT2D eigenvalue weighted by Crippen LogP contribution is -2.42. The van der Waals surface area contributed by atoms with Crippen LogP contribution in [0.5, 0.6) is 0 Å². The fourth-order valence-corrected chi connectivity index (χ4v) is 2.05. The van der Waals surface area contributed by atoms with Crippen molar-refractivity contribution in [1.29, 1.82) is 0 Å². The number of fused-ring (bicyclic) bond motifs is 1. The van der Waals surface area contributed by atoms with Gasteiger partial charge in [0.05, 0.1) is 23.7 Å². The summed E-state index contributed by atoms with van der Waals surface area (Å²) < 4.78 is 0. The first-order valence-electron chi connectivity index (χ1n) is 6.76. The van der Waals surface area contributed by atoms with E-state index < -0.39 is 0 Å². The predicted octanol–water partition coefficient (Wildman–Crippen LogP) is 1.65. The summed E-state index contributed by atoms with van der Waals surface area (Å²) in [5, 5.41) is 11.8. The molecule has 1 unspecified atom stereocenters. The Morgan fingerprint density at radius 2 is 2.25 bits per heavy atom. The Morgan fingerprint density at radius 1 is 1.50 bits per heavy atom. The number of aromatic nitrogens is 2. The van der Waals surface area contributed by atoms with Crippen molar-refractivity contribution in [2.24, 2.45) is 0 Å². The van der Waals surface area contributed by atoms with Crippen molar-refractivity contribution in [3.63, 3.8) is 0 Å². The molecule has 1 aromatic heterocycles. The smallest absolute Gasteiger partial charge is 0.318 e. The van der Waals surface area contributed by atoms with Gasteiger partial charge in [-0.15, -0.1) is 0 Å². The second-order valence-corrected chi connectivity index (χ2v) is 4.61. The number of hydrogen-bond acceptors (Lipinski definition) is 3. The normalized spacial score (nSPS) is 12.3. The number of aliphatic hydroxyl groups excluding tert-OH is 1. The maximum absolute atomic E-state index is 12.0. The zero-order valence-corrected chi connectivity index (χ0v) is 11.8. The van der Waals surface area contributed by atoms with E-state index in [0.717, 1.165) is 16.9 Å². The number of carbonyl (C=O) groups is 1. The Balaban J connectivity index is 2.07. The van der Waals surface area contributed by atoms with Crippen molar-refractivity contribution in [2.45, 2.75) is 19.9 Å². The van der Waals surface area contributed by atoms with Gasteiger partial charge in [0.25, 0.3) is 0 Å². The minimum atomic E-state index is -0.220. The number of nitrogens with one attached hydrogen (secondary N) is 2. The minimum absolute atomic E-state index is 0.0414. The van der Waals surface area contributed by atoms with Crippen LogP contribution in [0.4, 0.5) is 4.79 Å². The van der Waals surface area contributed by atoms with Crippen LogP contribution in [0.1, 0.15) is 25.7 Å². The largest absolute Gasteiger partial charge is 0.395 e. The van der Waals surface area contributed by atoms with E-state index in [0.29, 0.717) is 13.1 Å². The van der Waals surface area contributed by atoms with E-state index >= 15 is 0 Å². The molecular weight excluding hydrogens is 256 g/mol. The zero-order chi connectivity index (χ0) is 14.5. The van der Waals surface area contributed by atoms with E-state index in [9.17, 15) is 4.79 Å². The van der Waals surface area contributed by atoms with E-state index in [1.54, 1.807) is 4.90 Å². The summed E-state index contributed by atoms with van der Waals surface area (Å²) in [6.07, 6.45) is 0. The van der Waals surface area contributed by atoms with Gasteiger partial charge in [0, 0.05) is 13.1 Å². The van der Waals surface area contributed by atoms with Crippen molar-refractivity contribution in [3.05, 3.63) is 30.1 Å². The number of imidazole rings is 1. The molecule has 0 spiro atoms. The number of likely N-dealkylation sites (N-methyl/N-ethyl adjacent to an activating group) is 1. The lowest BCUT2D eigenvalue weighted by atomic mass is 10.3.